The lowest BCUT2D eigenvalue weighted by atomic mass is 10.0. The van der Waals surface area contributed by atoms with Gasteiger partial charge in [-0.3, -0.25) is 4.79 Å². The molecule has 2 atom stereocenters. The molecule has 1 amide bonds. The highest BCUT2D eigenvalue weighted by Crippen LogP contribution is 2.22. The van der Waals surface area contributed by atoms with E-state index in [9.17, 15) is 18.7 Å². The maximum Gasteiger partial charge on any atom is 0.240 e. The van der Waals surface area contributed by atoms with Crippen LogP contribution < -0.4 is 10.6 Å². The number of hydrogen-bond acceptors (Lipinski definition) is 5. The van der Waals surface area contributed by atoms with Crippen molar-refractivity contribution in [2.75, 3.05) is 6.54 Å². The summed E-state index contributed by atoms with van der Waals surface area (Å²) >= 11 is 6.87. The molecule has 3 aromatic carbocycles. The van der Waals surface area contributed by atoms with Gasteiger partial charge in [0.25, 0.3) is 0 Å². The number of para-hydroxylation sites is 1. The van der Waals surface area contributed by atoms with Crippen LogP contribution in [0.15, 0.2) is 66.7 Å². The number of halogens is 2. The van der Waals surface area contributed by atoms with Crippen molar-refractivity contribution >= 4 is 39.7 Å². The minimum atomic E-state index is -1.00. The number of aliphatic hydroxyl groups excluding tert-OH is 1. The number of nitrogens with zero attached hydrogens (tertiary/aromatic N) is 1. The van der Waals surface area contributed by atoms with Crippen molar-refractivity contribution in [1.29, 1.82) is 0 Å². The number of amides is 1. The summed E-state index contributed by atoms with van der Waals surface area (Å²) in [7, 11) is 0. The molecule has 1 aromatic heterocycles. The number of rotatable bonds is 11. The Hall–Kier alpha value is -2.98. The highest BCUT2D eigenvalue weighted by Gasteiger charge is 2.23. The van der Waals surface area contributed by atoms with Crippen molar-refractivity contribution in [1.82, 2.24) is 15.2 Å². The molecule has 0 radical (unpaired) electrons. The first-order chi connectivity index (χ1) is 17.8. The number of hydrogen-bond donors (Lipinski definition) is 3. The molecule has 3 N–H and O–H groups in total. The summed E-state index contributed by atoms with van der Waals surface area (Å²) in [6, 6.07) is 18.2. The number of aromatic nitrogens is 1. The van der Waals surface area contributed by atoms with Gasteiger partial charge in [0.05, 0.1) is 22.4 Å². The molecule has 1 heterocycles. The van der Waals surface area contributed by atoms with Gasteiger partial charge in [-0.15, -0.1) is 11.3 Å². The van der Waals surface area contributed by atoms with Gasteiger partial charge in [0, 0.05) is 19.2 Å². The predicted octanol–water partition coefficient (Wildman–Crippen LogP) is 5.15. The van der Waals surface area contributed by atoms with Crippen LogP contribution in [0.25, 0.3) is 10.2 Å². The summed E-state index contributed by atoms with van der Waals surface area (Å²) < 4.78 is 30.9. The molecule has 0 unspecified atom stereocenters. The molecule has 0 bridgehead atoms. The van der Waals surface area contributed by atoms with Crippen LogP contribution in [0, 0.1) is 15.6 Å². The van der Waals surface area contributed by atoms with Crippen LogP contribution in [0.3, 0.4) is 0 Å². The van der Waals surface area contributed by atoms with E-state index in [1.807, 2.05) is 36.4 Å². The number of carbonyl (C=O) groups is 1. The molecular formula is C28H29F2N3O2S2. The molecule has 0 spiro atoms. The maximum atomic E-state index is 13.8. The zero-order valence-corrected chi connectivity index (χ0v) is 22.0. The summed E-state index contributed by atoms with van der Waals surface area (Å²) in [5.41, 5.74) is 3.50. The van der Waals surface area contributed by atoms with Gasteiger partial charge in [-0.25, -0.2) is 8.78 Å². The third-order valence-corrected chi connectivity index (χ3v) is 7.58. The molecule has 5 nitrogen and oxygen atoms in total. The van der Waals surface area contributed by atoms with Crippen LogP contribution >= 0.6 is 23.6 Å². The van der Waals surface area contributed by atoms with E-state index in [1.54, 1.807) is 4.57 Å². The zero-order valence-electron chi connectivity index (χ0n) is 20.4. The molecule has 9 heteroatoms. The molecule has 0 saturated heterocycles. The Morgan fingerprint density at radius 2 is 1.76 bits per heavy atom. The largest absolute Gasteiger partial charge is 0.390 e. The average Bonchev–Trinajstić information content (AvgIpc) is 3.17. The topological polar surface area (TPSA) is 66.3 Å². The lowest BCUT2D eigenvalue weighted by Crippen LogP contribution is -2.49. The monoisotopic (exact) mass is 541 g/mol. The number of aryl methyl sites for hydroxylation is 1. The fourth-order valence-electron chi connectivity index (χ4n) is 4.29. The van der Waals surface area contributed by atoms with E-state index in [-0.39, 0.29) is 25.4 Å². The zero-order chi connectivity index (χ0) is 26.4. The van der Waals surface area contributed by atoms with Crippen molar-refractivity contribution in [2.24, 2.45) is 0 Å². The lowest BCUT2D eigenvalue weighted by molar-refractivity contribution is -0.123. The molecule has 37 heavy (non-hydrogen) atoms. The number of nitrogens with one attached hydrogen (secondary N) is 2. The quantitative estimate of drug-likeness (QED) is 0.230. The van der Waals surface area contributed by atoms with Crippen molar-refractivity contribution in [3.63, 3.8) is 0 Å². The number of benzene rings is 3. The van der Waals surface area contributed by atoms with Crippen LogP contribution in [-0.2, 0) is 30.7 Å². The standard InChI is InChI=1S/C28H29F2N3O2S2/c1-2-18-6-5-7-19(10-18)15-31-16-25(34)23(13-20-11-21(29)14-22(30)12-20)32-27(35)17-33-24-8-3-4-9-26(24)37-28(33)36/h3-12,14,23,25,31,34H,2,13,15-17H2,1H3,(H,32,35)/t23-,25-/m1/s1. The lowest BCUT2D eigenvalue weighted by Gasteiger charge is -2.25. The summed E-state index contributed by atoms with van der Waals surface area (Å²) in [4.78, 5) is 13.1. The normalized spacial score (nSPS) is 13.0. The van der Waals surface area contributed by atoms with Gasteiger partial charge in [-0.2, -0.15) is 0 Å². The van der Waals surface area contributed by atoms with Gasteiger partial charge < -0.3 is 20.3 Å². The predicted molar refractivity (Wildman–Crippen MR) is 146 cm³/mol. The highest BCUT2D eigenvalue weighted by atomic mass is 32.1. The molecule has 0 aliphatic carbocycles. The van der Waals surface area contributed by atoms with Gasteiger partial charge in [-0.1, -0.05) is 43.3 Å². The minimum Gasteiger partial charge on any atom is -0.390 e. The van der Waals surface area contributed by atoms with Gasteiger partial charge in [0.1, 0.15) is 18.2 Å². The molecular weight excluding hydrogens is 512 g/mol. The molecule has 194 valence electrons. The second kappa shape index (κ2) is 12.5. The second-order valence-corrected chi connectivity index (χ2v) is 10.6. The van der Waals surface area contributed by atoms with Crippen molar-refractivity contribution in [2.45, 2.75) is 45.0 Å². The Labute approximate surface area is 223 Å². The van der Waals surface area contributed by atoms with Crippen LogP contribution in [0.5, 0.6) is 0 Å². The van der Waals surface area contributed by atoms with Gasteiger partial charge in [-0.05, 0) is 66.0 Å². The first-order valence-corrected chi connectivity index (χ1v) is 13.3. The number of fused-ring (bicyclic) bond motifs is 1. The van der Waals surface area contributed by atoms with E-state index in [0.717, 1.165) is 28.3 Å². The Bertz CT molecular complexity index is 1420. The molecule has 0 saturated carbocycles. The van der Waals surface area contributed by atoms with Crippen molar-refractivity contribution in [3.8, 4) is 0 Å². The number of aliphatic hydroxyl groups is 1. The van der Waals surface area contributed by atoms with Crippen molar-refractivity contribution in [3.05, 3.63) is 99.0 Å². The van der Waals surface area contributed by atoms with Crippen LogP contribution in [0.2, 0.25) is 0 Å². The summed E-state index contributed by atoms with van der Waals surface area (Å²) in [5.74, 6) is -1.77. The molecule has 0 fully saturated rings. The Morgan fingerprint density at radius 3 is 2.51 bits per heavy atom. The third-order valence-electron chi connectivity index (χ3n) is 6.15. The van der Waals surface area contributed by atoms with Gasteiger partial charge in [0.2, 0.25) is 5.91 Å². The summed E-state index contributed by atoms with van der Waals surface area (Å²) in [6.07, 6.45) is -0.0143. The maximum absolute atomic E-state index is 13.8. The average molecular weight is 542 g/mol. The summed E-state index contributed by atoms with van der Waals surface area (Å²) in [5, 5.41) is 17.1. The Balaban J connectivity index is 1.47. The molecule has 4 rings (SSSR count). The van der Waals surface area contributed by atoms with Crippen LogP contribution in [0.1, 0.15) is 23.6 Å². The van der Waals surface area contributed by atoms with Crippen LogP contribution in [0.4, 0.5) is 8.78 Å². The summed E-state index contributed by atoms with van der Waals surface area (Å²) in [6.45, 7) is 2.78. The molecule has 0 aliphatic rings. The number of carbonyl (C=O) groups excluding carboxylic acids is 1. The fraction of sp³-hybridized carbons (Fsp3) is 0.286. The van der Waals surface area contributed by atoms with E-state index >= 15 is 0 Å². The second-order valence-electron chi connectivity index (χ2n) is 8.95. The first kappa shape index (κ1) is 27.1. The van der Waals surface area contributed by atoms with E-state index < -0.39 is 23.8 Å². The van der Waals surface area contributed by atoms with E-state index in [0.29, 0.717) is 16.1 Å². The van der Waals surface area contributed by atoms with E-state index in [2.05, 4.69) is 29.7 Å². The van der Waals surface area contributed by atoms with Crippen LogP contribution in [-0.4, -0.2) is 34.3 Å². The van der Waals surface area contributed by atoms with E-state index in [1.165, 1.54) is 29.0 Å². The Morgan fingerprint density at radius 1 is 1.03 bits per heavy atom. The molecule has 0 aliphatic heterocycles. The third kappa shape index (κ3) is 7.29. The fourth-order valence-corrected chi connectivity index (χ4v) is 5.61. The number of thiazole rings is 1. The smallest absolute Gasteiger partial charge is 0.240 e. The SMILES string of the molecule is CCc1cccc(CNC[C@@H](O)[C@@H](Cc2cc(F)cc(F)c2)NC(=O)Cn2c(=S)sc3ccccc32)c1. The highest BCUT2D eigenvalue weighted by molar-refractivity contribution is 7.73. The Kier molecular flexibility index (Phi) is 9.15. The van der Waals surface area contributed by atoms with Gasteiger partial charge in [0.15, 0.2) is 3.95 Å². The van der Waals surface area contributed by atoms with Crippen molar-refractivity contribution < 1.29 is 18.7 Å². The molecule has 4 aromatic rings. The minimum absolute atomic E-state index is 0.0270. The van der Waals surface area contributed by atoms with Gasteiger partial charge >= 0.3 is 0 Å². The first-order valence-electron chi connectivity index (χ1n) is 12.1. The van der Waals surface area contributed by atoms with E-state index in [4.69, 9.17) is 12.2 Å².